The molecule has 1 amide bonds. The van der Waals surface area contributed by atoms with E-state index in [1.54, 1.807) is 0 Å². The summed E-state index contributed by atoms with van der Waals surface area (Å²) < 4.78 is 0. The molecule has 0 unspecified atom stereocenters. The number of piperazine rings is 1. The number of carbonyl (C=O) groups is 1. The van der Waals surface area contributed by atoms with Crippen LogP contribution in [0.15, 0.2) is 18.2 Å². The van der Waals surface area contributed by atoms with Crippen molar-refractivity contribution in [3.63, 3.8) is 0 Å². The van der Waals surface area contributed by atoms with Crippen molar-refractivity contribution in [3.05, 3.63) is 34.3 Å². The molecule has 1 heterocycles. The van der Waals surface area contributed by atoms with Crippen molar-refractivity contribution in [1.29, 1.82) is 0 Å². The number of halogens is 1. The summed E-state index contributed by atoms with van der Waals surface area (Å²) in [6.07, 6.45) is 0.475. The second-order valence-corrected chi connectivity index (χ2v) is 4.81. The number of hydrogen-bond donors (Lipinski definition) is 1. The van der Waals surface area contributed by atoms with Crippen LogP contribution in [0.3, 0.4) is 0 Å². The van der Waals surface area contributed by atoms with Gasteiger partial charge in [-0.2, -0.15) is 0 Å². The molecule has 17 heavy (non-hydrogen) atoms. The molecule has 1 N–H and O–H groups in total. The highest BCUT2D eigenvalue weighted by Gasteiger charge is 2.16. The summed E-state index contributed by atoms with van der Waals surface area (Å²) in [5.74, 6) is 0.205. The van der Waals surface area contributed by atoms with Gasteiger partial charge < -0.3 is 10.2 Å². The van der Waals surface area contributed by atoms with Crippen LogP contribution in [-0.4, -0.2) is 37.0 Å². The molecule has 0 bridgehead atoms. The average Bonchev–Trinajstić information content (AvgIpc) is 2.34. The lowest BCUT2D eigenvalue weighted by molar-refractivity contribution is -0.131. The minimum absolute atomic E-state index is 0.205. The maximum Gasteiger partial charge on any atom is 0.227 e. The molecule has 2 rings (SSSR count). The highest BCUT2D eigenvalue weighted by atomic mass is 35.5. The molecule has 0 atom stereocenters. The minimum Gasteiger partial charge on any atom is -0.340 e. The van der Waals surface area contributed by atoms with E-state index in [4.69, 9.17) is 11.6 Å². The van der Waals surface area contributed by atoms with E-state index in [1.807, 2.05) is 30.0 Å². The summed E-state index contributed by atoms with van der Waals surface area (Å²) >= 11 is 5.90. The van der Waals surface area contributed by atoms with E-state index in [2.05, 4.69) is 5.32 Å². The fourth-order valence-corrected chi connectivity index (χ4v) is 2.27. The zero-order chi connectivity index (χ0) is 12.3. The fourth-order valence-electron chi connectivity index (χ4n) is 2.05. The summed E-state index contributed by atoms with van der Waals surface area (Å²) in [5, 5.41) is 3.96. The Balaban J connectivity index is 2.02. The second-order valence-electron chi connectivity index (χ2n) is 4.38. The van der Waals surface area contributed by atoms with Gasteiger partial charge in [0.1, 0.15) is 0 Å². The Morgan fingerprint density at radius 2 is 2.12 bits per heavy atom. The summed E-state index contributed by atoms with van der Waals surface area (Å²) in [5.41, 5.74) is 2.15. The quantitative estimate of drug-likeness (QED) is 0.868. The third kappa shape index (κ3) is 3.20. The first kappa shape index (κ1) is 12.4. The van der Waals surface area contributed by atoms with Gasteiger partial charge in [-0.1, -0.05) is 17.7 Å². The zero-order valence-corrected chi connectivity index (χ0v) is 10.8. The topological polar surface area (TPSA) is 32.3 Å². The Labute approximate surface area is 107 Å². The molecular formula is C13H17ClN2O. The molecule has 0 aromatic heterocycles. The lowest BCUT2D eigenvalue weighted by atomic mass is 10.1. The molecule has 3 nitrogen and oxygen atoms in total. The van der Waals surface area contributed by atoms with E-state index in [1.165, 1.54) is 0 Å². The molecule has 0 spiro atoms. The van der Waals surface area contributed by atoms with Crippen LogP contribution >= 0.6 is 11.6 Å². The van der Waals surface area contributed by atoms with Crippen molar-refractivity contribution < 1.29 is 4.79 Å². The largest absolute Gasteiger partial charge is 0.340 e. The smallest absolute Gasteiger partial charge is 0.227 e. The highest BCUT2D eigenvalue weighted by molar-refractivity contribution is 6.30. The molecule has 1 aliphatic heterocycles. The highest BCUT2D eigenvalue weighted by Crippen LogP contribution is 2.16. The average molecular weight is 253 g/mol. The third-order valence-electron chi connectivity index (χ3n) is 3.12. The van der Waals surface area contributed by atoms with E-state index in [9.17, 15) is 4.79 Å². The number of nitrogens with one attached hydrogen (secondary N) is 1. The zero-order valence-electron chi connectivity index (χ0n) is 10.0. The van der Waals surface area contributed by atoms with E-state index in [0.29, 0.717) is 6.42 Å². The van der Waals surface area contributed by atoms with Crippen LogP contribution in [0.1, 0.15) is 11.1 Å². The van der Waals surface area contributed by atoms with Crippen molar-refractivity contribution in [2.24, 2.45) is 0 Å². The number of rotatable bonds is 2. The van der Waals surface area contributed by atoms with Gasteiger partial charge in [0.15, 0.2) is 0 Å². The molecule has 1 saturated heterocycles. The van der Waals surface area contributed by atoms with Gasteiger partial charge in [-0.25, -0.2) is 0 Å². The molecule has 1 aliphatic rings. The number of carbonyl (C=O) groups excluding carboxylic acids is 1. The van der Waals surface area contributed by atoms with Gasteiger partial charge in [0, 0.05) is 31.2 Å². The van der Waals surface area contributed by atoms with E-state index in [-0.39, 0.29) is 5.91 Å². The van der Waals surface area contributed by atoms with Gasteiger partial charge in [0.2, 0.25) is 5.91 Å². The van der Waals surface area contributed by atoms with Crippen LogP contribution < -0.4 is 5.32 Å². The maximum atomic E-state index is 12.1. The van der Waals surface area contributed by atoms with E-state index >= 15 is 0 Å². The van der Waals surface area contributed by atoms with Crippen LogP contribution in [0.25, 0.3) is 0 Å². The van der Waals surface area contributed by atoms with E-state index < -0.39 is 0 Å². The number of nitrogens with zero attached hydrogens (tertiary/aromatic N) is 1. The van der Waals surface area contributed by atoms with Crippen molar-refractivity contribution in [2.75, 3.05) is 26.2 Å². The first-order valence-electron chi connectivity index (χ1n) is 5.90. The summed E-state index contributed by atoms with van der Waals surface area (Å²) in [6, 6.07) is 5.69. The molecule has 92 valence electrons. The molecule has 0 radical (unpaired) electrons. The Bertz CT molecular complexity index is 414. The molecule has 4 heteroatoms. The van der Waals surface area contributed by atoms with Gasteiger partial charge in [-0.3, -0.25) is 4.79 Å². The van der Waals surface area contributed by atoms with Crippen LogP contribution in [0.2, 0.25) is 5.02 Å². The fraction of sp³-hybridized carbons (Fsp3) is 0.462. The van der Waals surface area contributed by atoms with Crippen molar-refractivity contribution >= 4 is 17.5 Å². The first-order valence-corrected chi connectivity index (χ1v) is 6.28. The number of aryl methyl sites for hydroxylation is 1. The third-order valence-corrected chi connectivity index (χ3v) is 3.35. The Kier molecular flexibility index (Phi) is 4.02. The predicted octanol–water partition coefficient (Wildman–Crippen LogP) is 1.62. The first-order chi connectivity index (χ1) is 8.16. The van der Waals surface area contributed by atoms with Gasteiger partial charge >= 0.3 is 0 Å². The Hall–Kier alpha value is -1.06. The van der Waals surface area contributed by atoms with Crippen LogP contribution in [0.5, 0.6) is 0 Å². The molecular weight excluding hydrogens is 236 g/mol. The van der Waals surface area contributed by atoms with Crippen molar-refractivity contribution in [3.8, 4) is 0 Å². The molecule has 1 aromatic rings. The lowest BCUT2D eigenvalue weighted by Crippen LogP contribution is -2.47. The molecule has 1 aromatic carbocycles. The van der Waals surface area contributed by atoms with Crippen LogP contribution in [0.4, 0.5) is 0 Å². The van der Waals surface area contributed by atoms with E-state index in [0.717, 1.165) is 42.3 Å². The van der Waals surface area contributed by atoms with Gasteiger partial charge in [-0.05, 0) is 30.2 Å². The maximum absolute atomic E-state index is 12.1. The number of hydrogen-bond acceptors (Lipinski definition) is 2. The van der Waals surface area contributed by atoms with Crippen molar-refractivity contribution in [1.82, 2.24) is 10.2 Å². The molecule has 0 saturated carbocycles. The standard InChI is InChI=1S/C13H17ClN2O/c1-10-8-12(14)3-2-11(10)9-13(17)16-6-4-15-5-7-16/h2-3,8,15H,4-7,9H2,1H3. The predicted molar refractivity (Wildman–Crippen MR) is 69.3 cm³/mol. The lowest BCUT2D eigenvalue weighted by Gasteiger charge is -2.27. The van der Waals surface area contributed by atoms with Gasteiger partial charge in [0.05, 0.1) is 6.42 Å². The second kappa shape index (κ2) is 5.52. The monoisotopic (exact) mass is 252 g/mol. The normalized spacial score (nSPS) is 16.0. The van der Waals surface area contributed by atoms with Crippen molar-refractivity contribution in [2.45, 2.75) is 13.3 Å². The van der Waals surface area contributed by atoms with Crippen LogP contribution in [-0.2, 0) is 11.2 Å². The number of benzene rings is 1. The molecule has 1 fully saturated rings. The van der Waals surface area contributed by atoms with Gasteiger partial charge in [0.25, 0.3) is 0 Å². The SMILES string of the molecule is Cc1cc(Cl)ccc1CC(=O)N1CCNCC1. The Morgan fingerprint density at radius 1 is 1.41 bits per heavy atom. The summed E-state index contributed by atoms with van der Waals surface area (Å²) in [6.45, 7) is 5.40. The Morgan fingerprint density at radius 3 is 2.76 bits per heavy atom. The number of amides is 1. The van der Waals surface area contributed by atoms with Gasteiger partial charge in [-0.15, -0.1) is 0 Å². The molecule has 0 aliphatic carbocycles. The summed E-state index contributed by atoms with van der Waals surface area (Å²) in [7, 11) is 0. The minimum atomic E-state index is 0.205. The summed E-state index contributed by atoms with van der Waals surface area (Å²) in [4.78, 5) is 14.0. The van der Waals surface area contributed by atoms with Crippen LogP contribution in [0, 0.1) is 6.92 Å².